The zero-order valence-corrected chi connectivity index (χ0v) is 23.8. The van der Waals surface area contributed by atoms with Crippen LogP contribution in [0.5, 0.6) is 0 Å². The molecule has 2 N–H and O–H groups in total. The highest BCUT2D eigenvalue weighted by Crippen LogP contribution is 2.43. The molecule has 0 aliphatic carbocycles. The number of nitrogens with zero attached hydrogens (tertiary/aromatic N) is 4. The van der Waals surface area contributed by atoms with E-state index in [0.29, 0.717) is 26.7 Å². The van der Waals surface area contributed by atoms with E-state index < -0.39 is 23.5 Å². The lowest BCUT2D eigenvalue weighted by atomic mass is 9.95. The van der Waals surface area contributed by atoms with E-state index >= 15 is 0 Å². The lowest BCUT2D eigenvalue weighted by Crippen LogP contribution is -2.32. The zero-order chi connectivity index (χ0) is 28.7. The highest BCUT2D eigenvalue weighted by Gasteiger charge is 2.46. The molecule has 0 saturated carbocycles. The average Bonchev–Trinajstić information content (AvgIpc) is 3.68. The lowest BCUT2D eigenvalue weighted by molar-refractivity contribution is -0.117. The van der Waals surface area contributed by atoms with E-state index in [1.165, 1.54) is 16.2 Å². The first kappa shape index (κ1) is 26.5. The van der Waals surface area contributed by atoms with Crippen molar-refractivity contribution in [1.29, 1.82) is 0 Å². The molecule has 206 valence electrons. The van der Waals surface area contributed by atoms with Gasteiger partial charge in [0.2, 0.25) is 11.7 Å². The lowest BCUT2D eigenvalue weighted by Gasteiger charge is -2.26. The fourth-order valence-corrected chi connectivity index (χ4v) is 6.34. The predicted octanol–water partition coefficient (Wildman–Crippen LogP) is 6.62. The first-order valence-corrected chi connectivity index (χ1v) is 14.4. The molecule has 3 aromatic carbocycles. The molecule has 1 unspecified atom stereocenters. The van der Waals surface area contributed by atoms with Gasteiger partial charge in [-0.25, -0.2) is 9.97 Å². The van der Waals surface area contributed by atoms with E-state index in [0.717, 1.165) is 29.9 Å². The Morgan fingerprint density at radius 1 is 0.976 bits per heavy atom. The number of fused-ring (bicyclic) bond motifs is 1. The second kappa shape index (κ2) is 10.7. The molecular formula is C32H29N5O3S. The fourth-order valence-electron chi connectivity index (χ4n) is 5.31. The van der Waals surface area contributed by atoms with E-state index in [1.807, 2.05) is 78.9 Å². The van der Waals surface area contributed by atoms with Crippen LogP contribution >= 0.6 is 11.3 Å². The maximum atomic E-state index is 14.2. The molecule has 1 aliphatic heterocycles. The number of aliphatic hydroxyl groups is 1. The molecule has 0 radical (unpaired) electrons. The SMILES string of the molecule is CCN(CC)c1ccc(C2C(C(=O)c3sc(-c4ccccc4)nc3C)=C(O)C(=O)N2c2nc3ccccc3[nH]2)cc1. The minimum atomic E-state index is -0.886. The summed E-state index contributed by atoms with van der Waals surface area (Å²) in [6.07, 6.45) is 0. The number of hydrogen-bond donors (Lipinski definition) is 2. The summed E-state index contributed by atoms with van der Waals surface area (Å²) < 4.78 is 0. The van der Waals surface area contributed by atoms with Crippen LogP contribution in [-0.4, -0.2) is 44.8 Å². The maximum Gasteiger partial charge on any atom is 0.296 e. The number of para-hydroxylation sites is 2. The molecule has 2 aromatic heterocycles. The number of H-pyrrole nitrogens is 1. The topological polar surface area (TPSA) is 102 Å². The summed E-state index contributed by atoms with van der Waals surface area (Å²) in [4.78, 5) is 44.3. The number of benzene rings is 3. The molecule has 0 fully saturated rings. The van der Waals surface area contributed by atoms with Gasteiger partial charge in [-0.1, -0.05) is 54.6 Å². The largest absolute Gasteiger partial charge is 0.503 e. The van der Waals surface area contributed by atoms with Crippen molar-refractivity contribution in [3.8, 4) is 10.6 Å². The van der Waals surface area contributed by atoms with Crippen molar-refractivity contribution >= 4 is 45.7 Å². The molecule has 0 spiro atoms. The number of anilines is 2. The first-order valence-electron chi connectivity index (χ1n) is 13.5. The summed E-state index contributed by atoms with van der Waals surface area (Å²) in [5.41, 5.74) is 4.60. The third-order valence-corrected chi connectivity index (χ3v) is 8.62. The van der Waals surface area contributed by atoms with Gasteiger partial charge in [0.1, 0.15) is 5.01 Å². The van der Waals surface area contributed by atoms with Crippen LogP contribution < -0.4 is 9.80 Å². The standard InChI is InChI=1S/C32H29N5O3S/c1-4-36(5-2)22-17-15-20(16-18-22)26-25(27(38)29-19(3)33-30(41-29)21-11-7-6-8-12-21)28(39)31(40)37(26)32-34-23-13-9-10-14-24(23)35-32/h6-18,26,39H,4-5H2,1-3H3,(H,34,35). The number of aromatic amines is 1. The Labute approximate surface area is 241 Å². The second-order valence-corrected chi connectivity index (χ2v) is 10.8. The Morgan fingerprint density at radius 2 is 1.66 bits per heavy atom. The molecule has 3 heterocycles. The first-order chi connectivity index (χ1) is 19.9. The van der Waals surface area contributed by atoms with Crippen molar-refractivity contribution in [3.63, 3.8) is 0 Å². The van der Waals surface area contributed by atoms with Crippen LogP contribution in [0.3, 0.4) is 0 Å². The van der Waals surface area contributed by atoms with E-state index in [-0.39, 0.29) is 11.5 Å². The number of nitrogens with one attached hydrogen (secondary N) is 1. The summed E-state index contributed by atoms with van der Waals surface area (Å²) in [7, 11) is 0. The Kier molecular flexibility index (Phi) is 6.88. The number of amides is 1. The minimum absolute atomic E-state index is 0.0115. The molecule has 5 aromatic rings. The van der Waals surface area contributed by atoms with Crippen LogP contribution in [0.1, 0.15) is 40.8 Å². The van der Waals surface area contributed by atoms with Gasteiger partial charge in [0, 0.05) is 24.3 Å². The van der Waals surface area contributed by atoms with Gasteiger partial charge >= 0.3 is 0 Å². The van der Waals surface area contributed by atoms with Crippen molar-refractivity contribution in [2.75, 3.05) is 22.9 Å². The third-order valence-electron chi connectivity index (χ3n) is 7.42. The summed E-state index contributed by atoms with van der Waals surface area (Å²) in [6.45, 7) is 7.66. The number of ketones is 1. The van der Waals surface area contributed by atoms with Gasteiger partial charge in [0.05, 0.1) is 33.2 Å². The molecule has 8 nitrogen and oxygen atoms in total. The van der Waals surface area contributed by atoms with Gasteiger partial charge in [-0.15, -0.1) is 11.3 Å². The van der Waals surface area contributed by atoms with Crippen LogP contribution in [0.15, 0.2) is 90.2 Å². The maximum absolute atomic E-state index is 14.2. The molecule has 41 heavy (non-hydrogen) atoms. The Hall–Kier alpha value is -4.76. The molecule has 1 amide bonds. The van der Waals surface area contributed by atoms with Gasteiger partial charge in [-0.05, 0) is 50.6 Å². The summed E-state index contributed by atoms with van der Waals surface area (Å²) in [6, 6.07) is 24.0. The normalized spacial score (nSPS) is 15.2. The van der Waals surface area contributed by atoms with E-state index in [9.17, 15) is 14.7 Å². The van der Waals surface area contributed by atoms with Crippen LogP contribution in [0.2, 0.25) is 0 Å². The molecule has 1 aliphatic rings. The quantitative estimate of drug-likeness (QED) is 0.206. The van der Waals surface area contributed by atoms with Crippen molar-refractivity contribution in [2.24, 2.45) is 0 Å². The van der Waals surface area contributed by atoms with Gasteiger partial charge in [-0.3, -0.25) is 14.5 Å². The number of hydrogen-bond acceptors (Lipinski definition) is 7. The average molecular weight is 564 g/mol. The Bertz CT molecular complexity index is 1750. The van der Waals surface area contributed by atoms with Crippen molar-refractivity contribution in [2.45, 2.75) is 26.8 Å². The van der Waals surface area contributed by atoms with E-state index in [4.69, 9.17) is 0 Å². The smallest absolute Gasteiger partial charge is 0.296 e. The number of aryl methyl sites for hydroxylation is 1. The van der Waals surface area contributed by atoms with Gasteiger partial charge < -0.3 is 15.0 Å². The predicted molar refractivity (Wildman–Crippen MR) is 163 cm³/mol. The van der Waals surface area contributed by atoms with E-state index in [2.05, 4.69) is 33.7 Å². The molecule has 1 atom stereocenters. The number of rotatable bonds is 8. The monoisotopic (exact) mass is 563 g/mol. The van der Waals surface area contributed by atoms with Gasteiger partial charge in [0.15, 0.2) is 5.76 Å². The summed E-state index contributed by atoms with van der Waals surface area (Å²) in [5.74, 6) is -1.43. The molecular weight excluding hydrogens is 534 g/mol. The van der Waals surface area contributed by atoms with Crippen molar-refractivity contribution in [3.05, 3.63) is 106 Å². The Morgan fingerprint density at radius 3 is 2.34 bits per heavy atom. The van der Waals surface area contributed by atoms with Crippen LogP contribution in [0.4, 0.5) is 11.6 Å². The van der Waals surface area contributed by atoms with Crippen LogP contribution in [0, 0.1) is 6.92 Å². The van der Waals surface area contributed by atoms with E-state index in [1.54, 1.807) is 6.92 Å². The Balaban J connectivity index is 1.47. The number of imidazole rings is 1. The number of thiazole rings is 1. The van der Waals surface area contributed by atoms with Crippen LogP contribution in [-0.2, 0) is 4.79 Å². The number of Topliss-reactive ketones (excluding diaryl/α,β-unsaturated/α-hetero) is 1. The molecule has 9 heteroatoms. The molecule has 6 rings (SSSR count). The molecule has 0 saturated heterocycles. The summed E-state index contributed by atoms with van der Waals surface area (Å²) >= 11 is 1.26. The highest BCUT2D eigenvalue weighted by molar-refractivity contribution is 7.17. The zero-order valence-electron chi connectivity index (χ0n) is 23.0. The molecule has 0 bridgehead atoms. The number of carbonyl (C=O) groups is 2. The second-order valence-electron chi connectivity index (χ2n) is 9.81. The minimum Gasteiger partial charge on any atom is -0.503 e. The van der Waals surface area contributed by atoms with Crippen molar-refractivity contribution in [1.82, 2.24) is 15.0 Å². The number of carbonyl (C=O) groups excluding carboxylic acids is 2. The van der Waals surface area contributed by atoms with Gasteiger partial charge in [0.25, 0.3) is 5.91 Å². The van der Waals surface area contributed by atoms with Crippen molar-refractivity contribution < 1.29 is 14.7 Å². The summed E-state index contributed by atoms with van der Waals surface area (Å²) in [5, 5.41) is 12.0. The highest BCUT2D eigenvalue weighted by atomic mass is 32.1. The third kappa shape index (κ3) is 4.58. The number of aliphatic hydroxyl groups excluding tert-OH is 1. The van der Waals surface area contributed by atoms with Crippen LogP contribution in [0.25, 0.3) is 21.6 Å². The number of aromatic nitrogens is 3. The fraction of sp³-hybridized carbons (Fsp3) is 0.188. The van der Waals surface area contributed by atoms with Gasteiger partial charge in [-0.2, -0.15) is 0 Å².